The third-order valence-corrected chi connectivity index (χ3v) is 6.54. The predicted octanol–water partition coefficient (Wildman–Crippen LogP) is 5.52. The summed E-state index contributed by atoms with van der Waals surface area (Å²) in [6.45, 7) is 7.04. The lowest BCUT2D eigenvalue weighted by molar-refractivity contribution is -0.135. The van der Waals surface area contributed by atoms with Gasteiger partial charge in [0.15, 0.2) is 5.75 Å². The Morgan fingerprint density at radius 2 is 1.58 bits per heavy atom. The maximum atomic E-state index is 13.1. The van der Waals surface area contributed by atoms with Crippen molar-refractivity contribution in [3.63, 3.8) is 0 Å². The van der Waals surface area contributed by atoms with E-state index in [9.17, 15) is 13.2 Å². The fourth-order valence-electron chi connectivity index (χ4n) is 3.81. The zero-order valence-electron chi connectivity index (χ0n) is 21.1. The zero-order valence-corrected chi connectivity index (χ0v) is 21.9. The Hall–Kier alpha value is -3.36. The van der Waals surface area contributed by atoms with E-state index in [0.717, 1.165) is 18.4 Å². The number of amides is 1. The van der Waals surface area contributed by atoms with Crippen molar-refractivity contribution >= 4 is 21.6 Å². The van der Waals surface area contributed by atoms with Gasteiger partial charge in [-0.3, -0.25) is 4.79 Å². The number of rotatable bonds is 12. The quantitative estimate of drug-likeness (QED) is 0.313. The van der Waals surface area contributed by atoms with Gasteiger partial charge in [0.2, 0.25) is 15.9 Å². The molecule has 0 saturated heterocycles. The molecule has 0 saturated carbocycles. The van der Waals surface area contributed by atoms with Crippen LogP contribution in [0.1, 0.15) is 44.7 Å². The molecule has 3 rings (SSSR count). The van der Waals surface area contributed by atoms with Crippen molar-refractivity contribution in [3.8, 4) is 11.5 Å². The van der Waals surface area contributed by atoms with Gasteiger partial charge in [-0.1, -0.05) is 75.7 Å². The first kappa shape index (κ1) is 27.2. The van der Waals surface area contributed by atoms with Crippen LogP contribution in [0.2, 0.25) is 0 Å². The van der Waals surface area contributed by atoms with E-state index in [0.29, 0.717) is 30.1 Å². The van der Waals surface area contributed by atoms with Gasteiger partial charge in [0, 0.05) is 25.6 Å². The van der Waals surface area contributed by atoms with E-state index in [1.54, 1.807) is 17.0 Å². The first-order valence-electron chi connectivity index (χ1n) is 12.2. The second-order valence-corrected chi connectivity index (χ2v) is 10.6. The summed E-state index contributed by atoms with van der Waals surface area (Å²) in [6, 6.07) is 22.0. The molecule has 7 nitrogen and oxygen atoms in total. The lowest BCUT2D eigenvalue weighted by Gasteiger charge is -2.26. The van der Waals surface area contributed by atoms with Gasteiger partial charge < -0.3 is 15.0 Å². The second-order valence-electron chi connectivity index (χ2n) is 9.05. The van der Waals surface area contributed by atoms with Crippen LogP contribution in [0.5, 0.6) is 11.5 Å². The van der Waals surface area contributed by atoms with Crippen molar-refractivity contribution in [2.45, 2.75) is 51.6 Å². The first-order chi connectivity index (χ1) is 17.2. The van der Waals surface area contributed by atoms with Crippen molar-refractivity contribution in [2.24, 2.45) is 11.1 Å². The Labute approximate surface area is 214 Å². The molecule has 0 spiro atoms. The van der Waals surface area contributed by atoms with Crippen molar-refractivity contribution in [1.82, 2.24) is 4.90 Å². The zero-order chi connectivity index (χ0) is 26.1. The number of para-hydroxylation sites is 1. The number of sulfonamides is 1. The van der Waals surface area contributed by atoms with Crippen LogP contribution < -0.4 is 15.2 Å². The Balaban J connectivity index is 2.06. The number of hydrogen-bond acceptors (Lipinski definition) is 5. The number of carbonyl (C=O) groups is 1. The van der Waals surface area contributed by atoms with Crippen molar-refractivity contribution in [1.29, 1.82) is 0 Å². The second kappa shape index (κ2) is 12.6. The third-order valence-electron chi connectivity index (χ3n) is 5.63. The largest absolute Gasteiger partial charge is 0.454 e. The molecule has 0 bridgehead atoms. The number of nitrogens with two attached hydrogens (primary N) is 1. The van der Waals surface area contributed by atoms with E-state index in [2.05, 4.69) is 12.2 Å². The molecular formula is C28H35N3O4S. The van der Waals surface area contributed by atoms with Gasteiger partial charge >= 0.3 is 0 Å². The summed E-state index contributed by atoms with van der Waals surface area (Å²) >= 11 is 0. The highest BCUT2D eigenvalue weighted by Crippen LogP contribution is 2.37. The van der Waals surface area contributed by atoms with Crippen molar-refractivity contribution in [2.75, 3.05) is 11.9 Å². The number of benzene rings is 3. The highest BCUT2D eigenvalue weighted by Gasteiger charge is 2.24. The summed E-state index contributed by atoms with van der Waals surface area (Å²) in [4.78, 5) is 14.7. The molecule has 0 aromatic heterocycles. The molecule has 0 aliphatic carbocycles. The fraction of sp³-hybridized carbons (Fsp3) is 0.321. The minimum atomic E-state index is -4.13. The molecule has 0 fully saturated rings. The average Bonchev–Trinajstić information content (AvgIpc) is 2.85. The van der Waals surface area contributed by atoms with Crippen LogP contribution in [0.3, 0.4) is 0 Å². The van der Waals surface area contributed by atoms with Crippen LogP contribution in [0.25, 0.3) is 0 Å². The molecule has 3 N–H and O–H groups in total. The summed E-state index contributed by atoms with van der Waals surface area (Å²) < 4.78 is 31.4. The van der Waals surface area contributed by atoms with Gasteiger partial charge in [-0.15, -0.1) is 0 Å². The number of nitrogens with one attached hydrogen (secondary N) is 1. The monoisotopic (exact) mass is 509 g/mol. The van der Waals surface area contributed by atoms with Crippen LogP contribution >= 0.6 is 0 Å². The van der Waals surface area contributed by atoms with Crippen molar-refractivity contribution in [3.05, 3.63) is 83.9 Å². The molecule has 36 heavy (non-hydrogen) atoms. The molecule has 0 aliphatic heterocycles. The van der Waals surface area contributed by atoms with E-state index in [4.69, 9.17) is 9.88 Å². The first-order valence-corrected chi connectivity index (χ1v) is 13.7. The standard InChI is InChI=1S/C28H35N3O4S/c1-4-5-16-30-25-17-23(20-31(28(32)21(2)3)19-22-12-8-6-9-13-22)18-26(36(29,33)34)27(25)35-24-14-10-7-11-15-24/h6-15,17-18,21,30H,4-5,16,19-20H2,1-3H3,(H2,29,33,34). The molecule has 0 heterocycles. The van der Waals surface area contributed by atoms with Gasteiger partial charge in [0.1, 0.15) is 10.6 Å². The van der Waals surface area contributed by atoms with Crippen LogP contribution in [-0.2, 0) is 27.9 Å². The number of ether oxygens (including phenoxy) is 1. The van der Waals surface area contributed by atoms with Crippen LogP contribution in [-0.4, -0.2) is 25.8 Å². The van der Waals surface area contributed by atoms with Gasteiger partial charge in [-0.25, -0.2) is 13.6 Å². The molecule has 0 unspecified atom stereocenters. The summed E-state index contributed by atoms with van der Waals surface area (Å²) in [5.41, 5.74) is 2.15. The smallest absolute Gasteiger partial charge is 0.241 e. The Morgan fingerprint density at radius 3 is 2.17 bits per heavy atom. The minimum Gasteiger partial charge on any atom is -0.454 e. The van der Waals surface area contributed by atoms with E-state index in [-0.39, 0.29) is 29.0 Å². The Bertz CT molecular complexity index is 1250. The number of primary sulfonamides is 1. The van der Waals surface area contributed by atoms with E-state index in [1.165, 1.54) is 6.07 Å². The fourth-order valence-corrected chi connectivity index (χ4v) is 4.53. The molecule has 1 amide bonds. The number of unbranched alkanes of at least 4 members (excludes halogenated alkanes) is 1. The minimum absolute atomic E-state index is 0.0267. The molecular weight excluding hydrogens is 474 g/mol. The number of anilines is 1. The Morgan fingerprint density at radius 1 is 0.972 bits per heavy atom. The number of hydrogen-bond donors (Lipinski definition) is 2. The highest BCUT2D eigenvalue weighted by molar-refractivity contribution is 7.89. The average molecular weight is 510 g/mol. The summed E-state index contributed by atoms with van der Waals surface area (Å²) in [6.07, 6.45) is 1.86. The lowest BCUT2D eigenvalue weighted by atomic mass is 10.1. The van der Waals surface area contributed by atoms with E-state index in [1.807, 2.05) is 68.4 Å². The molecule has 0 atom stereocenters. The summed E-state index contributed by atoms with van der Waals surface area (Å²) in [7, 11) is -4.13. The molecule has 192 valence electrons. The SMILES string of the molecule is CCCCNc1cc(CN(Cc2ccccc2)C(=O)C(C)C)cc(S(N)(=O)=O)c1Oc1ccccc1. The molecule has 3 aromatic carbocycles. The maximum Gasteiger partial charge on any atom is 0.241 e. The van der Waals surface area contributed by atoms with Gasteiger partial charge in [-0.2, -0.15) is 0 Å². The number of carbonyl (C=O) groups excluding carboxylic acids is 1. The molecule has 0 radical (unpaired) electrons. The highest BCUT2D eigenvalue weighted by atomic mass is 32.2. The van der Waals surface area contributed by atoms with E-state index >= 15 is 0 Å². The van der Waals surface area contributed by atoms with Gasteiger partial charge in [0.25, 0.3) is 0 Å². The topological polar surface area (TPSA) is 102 Å². The number of nitrogens with zero attached hydrogens (tertiary/aromatic N) is 1. The summed E-state index contributed by atoms with van der Waals surface area (Å²) in [5, 5.41) is 8.96. The van der Waals surface area contributed by atoms with E-state index < -0.39 is 10.0 Å². The molecule has 8 heteroatoms. The lowest BCUT2D eigenvalue weighted by Crippen LogP contribution is -2.33. The van der Waals surface area contributed by atoms with Crippen LogP contribution in [0.4, 0.5) is 5.69 Å². The maximum absolute atomic E-state index is 13.1. The Kier molecular flexibility index (Phi) is 9.50. The normalized spacial score (nSPS) is 11.4. The van der Waals surface area contributed by atoms with Crippen LogP contribution in [0.15, 0.2) is 77.7 Å². The van der Waals surface area contributed by atoms with Gasteiger partial charge in [-0.05, 0) is 41.8 Å². The molecule has 0 aliphatic rings. The summed E-state index contributed by atoms with van der Waals surface area (Å²) in [5.74, 6) is 0.401. The van der Waals surface area contributed by atoms with Gasteiger partial charge in [0.05, 0.1) is 5.69 Å². The predicted molar refractivity (Wildman–Crippen MR) is 143 cm³/mol. The third kappa shape index (κ3) is 7.57. The van der Waals surface area contributed by atoms with Crippen LogP contribution in [0, 0.1) is 5.92 Å². The molecule has 3 aromatic rings. The van der Waals surface area contributed by atoms with Crippen molar-refractivity contribution < 1.29 is 17.9 Å².